The number of nitrogens with one attached hydrogen (secondary N) is 2. The van der Waals surface area contributed by atoms with E-state index in [-0.39, 0.29) is 29.8 Å². The third-order valence-corrected chi connectivity index (χ3v) is 5.45. The molecule has 0 radical (unpaired) electrons. The van der Waals surface area contributed by atoms with Gasteiger partial charge in [0.25, 0.3) is 0 Å². The lowest BCUT2D eigenvalue weighted by molar-refractivity contribution is 0.261. The highest BCUT2D eigenvalue weighted by Crippen LogP contribution is 2.16. The summed E-state index contributed by atoms with van der Waals surface area (Å²) in [6, 6.07) is 8.88. The predicted octanol–water partition coefficient (Wildman–Crippen LogP) is 2.63. The molecule has 31 heavy (non-hydrogen) atoms. The molecule has 0 spiro atoms. The largest absolute Gasteiger partial charge is 0.369 e. The first-order valence-electron chi connectivity index (χ1n) is 10.7. The van der Waals surface area contributed by atoms with Gasteiger partial charge in [0.05, 0.1) is 5.69 Å². The molecule has 0 atom stereocenters. The van der Waals surface area contributed by atoms with Gasteiger partial charge in [-0.3, -0.25) is 14.6 Å². The van der Waals surface area contributed by atoms with Crippen LogP contribution >= 0.6 is 24.0 Å². The molecule has 1 aromatic carbocycles. The molecule has 1 aromatic heterocycles. The summed E-state index contributed by atoms with van der Waals surface area (Å²) >= 11 is 0. The zero-order chi connectivity index (χ0) is 21.3. The highest BCUT2D eigenvalue weighted by atomic mass is 127. The second-order valence-corrected chi connectivity index (χ2v) is 7.73. The van der Waals surface area contributed by atoms with Gasteiger partial charge in [0.2, 0.25) is 0 Å². The molecule has 3 rings (SSSR count). The molecule has 2 aromatic rings. The van der Waals surface area contributed by atoms with E-state index in [0.717, 1.165) is 76.1 Å². The van der Waals surface area contributed by atoms with E-state index in [1.54, 1.807) is 7.05 Å². The van der Waals surface area contributed by atoms with Gasteiger partial charge in [-0.05, 0) is 50.6 Å². The van der Waals surface area contributed by atoms with Crippen LogP contribution in [0.3, 0.4) is 0 Å². The van der Waals surface area contributed by atoms with Crippen molar-refractivity contribution in [1.82, 2.24) is 25.3 Å². The molecule has 0 amide bonds. The number of hydrogen-bond acceptors (Lipinski definition) is 4. The van der Waals surface area contributed by atoms with Gasteiger partial charge in [-0.1, -0.05) is 0 Å². The molecule has 0 aliphatic carbocycles. The van der Waals surface area contributed by atoms with Crippen LogP contribution in [0.15, 0.2) is 35.3 Å². The maximum atomic E-state index is 13.1. The quantitative estimate of drug-likeness (QED) is 0.232. The Bertz CT molecular complexity index is 814. The van der Waals surface area contributed by atoms with Crippen molar-refractivity contribution in [1.29, 1.82) is 0 Å². The molecule has 0 bridgehead atoms. The molecule has 172 valence electrons. The number of aromatic nitrogens is 2. The first-order chi connectivity index (χ1) is 14.5. The van der Waals surface area contributed by atoms with E-state index >= 15 is 0 Å². The molecule has 1 aliphatic heterocycles. The molecule has 0 unspecified atom stereocenters. The maximum Gasteiger partial charge on any atom is 0.191 e. The van der Waals surface area contributed by atoms with E-state index in [2.05, 4.69) is 48.2 Å². The lowest BCUT2D eigenvalue weighted by Crippen LogP contribution is -2.49. The Kier molecular flexibility index (Phi) is 10.5. The predicted molar refractivity (Wildman–Crippen MR) is 136 cm³/mol. The lowest BCUT2D eigenvalue weighted by atomic mass is 10.2. The van der Waals surface area contributed by atoms with Crippen LogP contribution in [0.2, 0.25) is 0 Å². The normalized spacial score (nSPS) is 15.0. The highest BCUT2D eigenvalue weighted by Gasteiger charge is 2.16. The molecule has 7 nitrogen and oxygen atoms in total. The number of anilines is 1. The monoisotopic (exact) mass is 543 g/mol. The van der Waals surface area contributed by atoms with Crippen molar-refractivity contribution in [3.8, 4) is 0 Å². The van der Waals surface area contributed by atoms with Crippen LogP contribution in [0.25, 0.3) is 0 Å². The third kappa shape index (κ3) is 7.95. The highest BCUT2D eigenvalue weighted by molar-refractivity contribution is 14.0. The van der Waals surface area contributed by atoms with Crippen molar-refractivity contribution < 1.29 is 4.39 Å². The minimum absolute atomic E-state index is 0. The second kappa shape index (κ2) is 12.8. The minimum atomic E-state index is -0.183. The third-order valence-electron chi connectivity index (χ3n) is 5.45. The van der Waals surface area contributed by atoms with E-state index in [0.29, 0.717) is 0 Å². The van der Waals surface area contributed by atoms with E-state index in [1.807, 2.05) is 19.1 Å². The molecule has 1 aliphatic rings. The first kappa shape index (κ1) is 25.4. The second-order valence-electron chi connectivity index (χ2n) is 7.73. The summed E-state index contributed by atoms with van der Waals surface area (Å²) in [5.41, 5.74) is 3.37. The molecule has 1 saturated heterocycles. The van der Waals surface area contributed by atoms with Crippen LogP contribution < -0.4 is 15.5 Å². The summed E-state index contributed by atoms with van der Waals surface area (Å²) < 4.78 is 15.1. The number of aliphatic imine (C=N–C) groups is 1. The Balaban J connectivity index is 0.00000341. The van der Waals surface area contributed by atoms with Crippen molar-refractivity contribution in [2.45, 2.75) is 26.8 Å². The van der Waals surface area contributed by atoms with E-state index < -0.39 is 0 Å². The number of halogens is 2. The van der Waals surface area contributed by atoms with Gasteiger partial charge >= 0.3 is 0 Å². The van der Waals surface area contributed by atoms with Crippen molar-refractivity contribution in [3.05, 3.63) is 47.5 Å². The molecule has 1 fully saturated rings. The number of nitrogens with zero attached hydrogens (tertiary/aromatic N) is 5. The van der Waals surface area contributed by atoms with Gasteiger partial charge in [0.1, 0.15) is 5.82 Å². The average molecular weight is 543 g/mol. The summed E-state index contributed by atoms with van der Waals surface area (Å²) in [5, 5.41) is 11.3. The Morgan fingerprint density at radius 2 is 1.71 bits per heavy atom. The maximum absolute atomic E-state index is 13.1. The van der Waals surface area contributed by atoms with Crippen molar-refractivity contribution in [2.75, 3.05) is 57.8 Å². The number of aryl methyl sites for hydroxylation is 3. The van der Waals surface area contributed by atoms with Crippen LogP contribution in [0, 0.1) is 19.7 Å². The number of guanidine groups is 1. The van der Waals surface area contributed by atoms with E-state index in [1.165, 1.54) is 17.8 Å². The Morgan fingerprint density at radius 3 is 2.32 bits per heavy atom. The fraction of sp³-hybridized carbons (Fsp3) is 0.545. The molecule has 9 heteroatoms. The standard InChI is InChI=1S/C22H34FN7.HI/c1-18-17-19(2)30(27-18)11-4-9-25-22(24-3)26-10-12-28-13-15-29(16-14-28)21-7-5-20(23)6-8-21;/h5-8,17H,4,9-16H2,1-3H3,(H2,24,25,26);1H. The zero-order valence-electron chi connectivity index (χ0n) is 18.8. The summed E-state index contributed by atoms with van der Waals surface area (Å²) in [6.07, 6.45) is 0.994. The number of piperazine rings is 1. The van der Waals surface area contributed by atoms with Crippen molar-refractivity contribution in [3.63, 3.8) is 0 Å². The van der Waals surface area contributed by atoms with Gasteiger partial charge in [-0.15, -0.1) is 24.0 Å². The Morgan fingerprint density at radius 1 is 1.03 bits per heavy atom. The van der Waals surface area contributed by atoms with E-state index in [4.69, 9.17) is 0 Å². The van der Waals surface area contributed by atoms with Crippen molar-refractivity contribution >= 4 is 35.6 Å². The van der Waals surface area contributed by atoms with Crippen LogP contribution in [-0.2, 0) is 6.54 Å². The minimum Gasteiger partial charge on any atom is -0.369 e. The summed E-state index contributed by atoms with van der Waals surface area (Å²) in [7, 11) is 1.80. The SMILES string of the molecule is CN=C(NCCCn1nc(C)cc1C)NCCN1CCN(c2ccc(F)cc2)CC1.I. The zero-order valence-corrected chi connectivity index (χ0v) is 21.1. The molecule has 2 N–H and O–H groups in total. The van der Waals surface area contributed by atoms with Gasteiger partial charge in [0.15, 0.2) is 5.96 Å². The van der Waals surface area contributed by atoms with Gasteiger partial charge in [-0.2, -0.15) is 5.10 Å². The smallest absolute Gasteiger partial charge is 0.191 e. The van der Waals surface area contributed by atoms with Crippen LogP contribution in [0.4, 0.5) is 10.1 Å². The van der Waals surface area contributed by atoms with Crippen molar-refractivity contribution in [2.24, 2.45) is 4.99 Å². The number of rotatable bonds is 8. The summed E-state index contributed by atoms with van der Waals surface area (Å²) in [5.74, 6) is 0.658. The topological polar surface area (TPSA) is 60.7 Å². The Labute approximate surface area is 202 Å². The Hall–Kier alpha value is -1.88. The summed E-state index contributed by atoms with van der Waals surface area (Å²) in [6.45, 7) is 11.6. The fourth-order valence-corrected chi connectivity index (χ4v) is 3.77. The van der Waals surface area contributed by atoms with Crippen LogP contribution in [0.5, 0.6) is 0 Å². The average Bonchev–Trinajstić information content (AvgIpc) is 3.07. The number of hydrogen-bond donors (Lipinski definition) is 2. The van der Waals surface area contributed by atoms with E-state index in [9.17, 15) is 4.39 Å². The lowest BCUT2D eigenvalue weighted by Gasteiger charge is -2.36. The van der Waals surface area contributed by atoms with Crippen LogP contribution in [0.1, 0.15) is 17.8 Å². The molecule has 2 heterocycles. The number of benzene rings is 1. The molecule has 0 saturated carbocycles. The van der Waals surface area contributed by atoms with Crippen LogP contribution in [-0.4, -0.2) is 73.5 Å². The van der Waals surface area contributed by atoms with Gasteiger partial charge in [-0.25, -0.2) is 4.39 Å². The van der Waals surface area contributed by atoms with Gasteiger partial charge < -0.3 is 15.5 Å². The molecular formula is C22H35FIN7. The fourth-order valence-electron chi connectivity index (χ4n) is 3.77. The first-order valence-corrected chi connectivity index (χ1v) is 10.7. The van der Waals surface area contributed by atoms with Gasteiger partial charge in [0, 0.05) is 70.8 Å². The summed E-state index contributed by atoms with van der Waals surface area (Å²) in [4.78, 5) is 9.07. The molecular weight excluding hydrogens is 508 g/mol.